The zero-order valence-corrected chi connectivity index (χ0v) is 13.2. The van der Waals surface area contributed by atoms with Crippen LogP contribution in [0.1, 0.15) is 12.5 Å². The highest BCUT2D eigenvalue weighted by Gasteiger charge is 2.20. The summed E-state index contributed by atoms with van der Waals surface area (Å²) < 4.78 is 1.03. The van der Waals surface area contributed by atoms with Gasteiger partial charge in [0, 0.05) is 35.7 Å². The summed E-state index contributed by atoms with van der Waals surface area (Å²) in [4.78, 5) is 6.86. The van der Waals surface area contributed by atoms with Crippen molar-refractivity contribution in [3.63, 3.8) is 0 Å². The van der Waals surface area contributed by atoms with E-state index in [1.807, 2.05) is 6.07 Å². The highest BCUT2D eigenvalue weighted by Crippen LogP contribution is 2.27. The van der Waals surface area contributed by atoms with Crippen molar-refractivity contribution in [1.29, 1.82) is 0 Å². The molecule has 0 radical (unpaired) electrons. The lowest BCUT2D eigenvalue weighted by Gasteiger charge is -2.30. The Morgan fingerprint density at radius 3 is 3.05 bits per heavy atom. The minimum atomic E-state index is 0.469. The van der Waals surface area contributed by atoms with E-state index in [-0.39, 0.29) is 0 Å². The molecule has 20 heavy (non-hydrogen) atoms. The average Bonchev–Trinajstić information content (AvgIpc) is 2.91. The van der Waals surface area contributed by atoms with Crippen LogP contribution in [0.15, 0.2) is 22.7 Å². The number of aromatic nitrogens is 3. The van der Waals surface area contributed by atoms with Crippen LogP contribution in [0, 0.1) is 6.92 Å². The molecular formula is C14H18BrN5. The fourth-order valence-corrected chi connectivity index (χ4v) is 2.88. The minimum Gasteiger partial charge on any atom is -0.337 e. The summed E-state index contributed by atoms with van der Waals surface area (Å²) in [6.45, 7) is 7.10. The SMILES string of the molecule is Cc1ccc(Br)c(-c2nc(N3CCN[C@H](C)C3)n[nH]2)c1. The van der Waals surface area contributed by atoms with Crippen LogP contribution in [0.5, 0.6) is 0 Å². The van der Waals surface area contributed by atoms with Gasteiger partial charge < -0.3 is 10.2 Å². The van der Waals surface area contributed by atoms with Crippen molar-refractivity contribution < 1.29 is 0 Å². The molecule has 0 amide bonds. The van der Waals surface area contributed by atoms with Crippen molar-refractivity contribution in [2.75, 3.05) is 24.5 Å². The lowest BCUT2D eigenvalue weighted by molar-refractivity contribution is 0.480. The molecule has 5 nitrogen and oxygen atoms in total. The van der Waals surface area contributed by atoms with E-state index in [2.05, 4.69) is 67.3 Å². The second kappa shape index (κ2) is 5.54. The molecule has 1 aromatic heterocycles. The fourth-order valence-electron chi connectivity index (χ4n) is 2.45. The average molecular weight is 336 g/mol. The summed E-state index contributed by atoms with van der Waals surface area (Å²) in [7, 11) is 0. The molecular weight excluding hydrogens is 318 g/mol. The summed E-state index contributed by atoms with van der Waals surface area (Å²) >= 11 is 3.57. The molecule has 2 aromatic rings. The molecule has 0 bridgehead atoms. The number of piperazine rings is 1. The Morgan fingerprint density at radius 1 is 1.40 bits per heavy atom. The largest absolute Gasteiger partial charge is 0.337 e. The molecule has 3 rings (SSSR count). The first-order valence-corrected chi connectivity index (χ1v) is 7.60. The van der Waals surface area contributed by atoms with E-state index in [0.29, 0.717) is 6.04 Å². The Balaban J connectivity index is 1.88. The van der Waals surface area contributed by atoms with Crippen molar-refractivity contribution in [3.05, 3.63) is 28.2 Å². The molecule has 1 aromatic carbocycles. The van der Waals surface area contributed by atoms with Gasteiger partial charge in [0.1, 0.15) is 0 Å². The number of aryl methyl sites for hydroxylation is 1. The van der Waals surface area contributed by atoms with E-state index in [0.717, 1.165) is 41.4 Å². The lowest BCUT2D eigenvalue weighted by Crippen LogP contribution is -2.49. The molecule has 0 spiro atoms. The normalized spacial score (nSPS) is 19.4. The smallest absolute Gasteiger partial charge is 0.245 e. The number of nitrogens with one attached hydrogen (secondary N) is 2. The quantitative estimate of drug-likeness (QED) is 0.884. The fraction of sp³-hybridized carbons (Fsp3) is 0.429. The maximum absolute atomic E-state index is 4.64. The van der Waals surface area contributed by atoms with Gasteiger partial charge in [0.15, 0.2) is 5.82 Å². The Kier molecular flexibility index (Phi) is 3.76. The van der Waals surface area contributed by atoms with Gasteiger partial charge in [0.25, 0.3) is 0 Å². The molecule has 6 heteroatoms. The van der Waals surface area contributed by atoms with Crippen LogP contribution in [0.3, 0.4) is 0 Å². The van der Waals surface area contributed by atoms with Crippen molar-refractivity contribution >= 4 is 21.9 Å². The summed E-state index contributed by atoms with van der Waals surface area (Å²) in [6.07, 6.45) is 0. The monoisotopic (exact) mass is 335 g/mol. The standard InChI is InChI=1S/C14H18BrN5/c1-9-3-4-12(15)11(7-9)13-17-14(19-18-13)20-6-5-16-10(2)8-20/h3-4,7,10,16H,5-6,8H2,1-2H3,(H,17,18,19)/t10-/m1/s1. The van der Waals surface area contributed by atoms with Gasteiger partial charge in [-0.3, -0.25) is 5.10 Å². The second-order valence-electron chi connectivity index (χ2n) is 5.27. The van der Waals surface area contributed by atoms with Gasteiger partial charge in [-0.15, -0.1) is 5.10 Å². The van der Waals surface area contributed by atoms with E-state index < -0.39 is 0 Å². The van der Waals surface area contributed by atoms with E-state index >= 15 is 0 Å². The predicted molar refractivity (Wildman–Crippen MR) is 83.9 cm³/mol. The number of hydrogen-bond acceptors (Lipinski definition) is 4. The number of nitrogens with zero attached hydrogens (tertiary/aromatic N) is 3. The number of anilines is 1. The molecule has 1 saturated heterocycles. The Hall–Kier alpha value is -1.40. The first-order valence-electron chi connectivity index (χ1n) is 6.81. The van der Waals surface area contributed by atoms with Crippen LogP contribution in [0.4, 0.5) is 5.95 Å². The molecule has 2 N–H and O–H groups in total. The summed E-state index contributed by atoms with van der Waals surface area (Å²) in [5.74, 6) is 1.59. The zero-order valence-electron chi connectivity index (χ0n) is 11.7. The molecule has 0 aliphatic carbocycles. The topological polar surface area (TPSA) is 56.8 Å². The molecule has 2 heterocycles. The van der Waals surface area contributed by atoms with Crippen LogP contribution in [-0.4, -0.2) is 40.9 Å². The van der Waals surface area contributed by atoms with E-state index in [1.165, 1.54) is 5.56 Å². The first kappa shape index (κ1) is 13.6. The number of benzene rings is 1. The van der Waals surface area contributed by atoms with Crippen LogP contribution in [-0.2, 0) is 0 Å². The molecule has 0 saturated carbocycles. The van der Waals surface area contributed by atoms with Gasteiger partial charge in [-0.1, -0.05) is 27.6 Å². The van der Waals surface area contributed by atoms with Crippen LogP contribution >= 0.6 is 15.9 Å². The van der Waals surface area contributed by atoms with E-state index in [1.54, 1.807) is 0 Å². The number of halogens is 1. The molecule has 1 atom stereocenters. The highest BCUT2D eigenvalue weighted by molar-refractivity contribution is 9.10. The predicted octanol–water partition coefficient (Wildman–Crippen LogP) is 2.34. The van der Waals surface area contributed by atoms with Gasteiger partial charge in [0.05, 0.1) is 0 Å². The lowest BCUT2D eigenvalue weighted by atomic mass is 10.1. The Labute approximate surface area is 126 Å². The van der Waals surface area contributed by atoms with Crippen LogP contribution in [0.2, 0.25) is 0 Å². The molecule has 1 aliphatic heterocycles. The van der Waals surface area contributed by atoms with Gasteiger partial charge in [-0.05, 0) is 26.0 Å². The summed E-state index contributed by atoms with van der Waals surface area (Å²) in [5.41, 5.74) is 2.25. The summed E-state index contributed by atoms with van der Waals surface area (Å²) in [6, 6.07) is 6.69. The third-order valence-corrected chi connectivity index (χ3v) is 4.19. The Morgan fingerprint density at radius 2 is 2.25 bits per heavy atom. The van der Waals surface area contributed by atoms with Crippen LogP contribution in [0.25, 0.3) is 11.4 Å². The second-order valence-corrected chi connectivity index (χ2v) is 6.12. The molecule has 0 unspecified atom stereocenters. The van der Waals surface area contributed by atoms with Crippen molar-refractivity contribution in [1.82, 2.24) is 20.5 Å². The van der Waals surface area contributed by atoms with Crippen molar-refractivity contribution in [2.24, 2.45) is 0 Å². The van der Waals surface area contributed by atoms with Crippen LogP contribution < -0.4 is 10.2 Å². The number of rotatable bonds is 2. The summed E-state index contributed by atoms with van der Waals surface area (Å²) in [5, 5.41) is 10.8. The third-order valence-electron chi connectivity index (χ3n) is 3.50. The Bertz CT molecular complexity index is 609. The van der Waals surface area contributed by atoms with Gasteiger partial charge in [-0.25, -0.2) is 0 Å². The van der Waals surface area contributed by atoms with Gasteiger partial charge in [-0.2, -0.15) is 4.98 Å². The first-order chi connectivity index (χ1) is 9.63. The van der Waals surface area contributed by atoms with Crippen molar-refractivity contribution in [3.8, 4) is 11.4 Å². The zero-order chi connectivity index (χ0) is 14.1. The third kappa shape index (κ3) is 2.71. The highest BCUT2D eigenvalue weighted by atomic mass is 79.9. The van der Waals surface area contributed by atoms with E-state index in [4.69, 9.17) is 0 Å². The number of hydrogen-bond donors (Lipinski definition) is 2. The number of aromatic amines is 1. The van der Waals surface area contributed by atoms with Crippen molar-refractivity contribution in [2.45, 2.75) is 19.9 Å². The van der Waals surface area contributed by atoms with E-state index in [9.17, 15) is 0 Å². The van der Waals surface area contributed by atoms with Gasteiger partial charge >= 0.3 is 0 Å². The molecule has 1 aliphatic rings. The molecule has 1 fully saturated rings. The maximum Gasteiger partial charge on any atom is 0.245 e. The minimum absolute atomic E-state index is 0.469. The molecule has 106 valence electrons. The van der Waals surface area contributed by atoms with Gasteiger partial charge in [0.2, 0.25) is 5.95 Å². The maximum atomic E-state index is 4.64. The number of H-pyrrole nitrogens is 1.